The number of nitrogens with one attached hydrogen (secondary N) is 1. The van der Waals surface area contributed by atoms with Crippen LogP contribution in [0.1, 0.15) is 20.7 Å². The van der Waals surface area contributed by atoms with Crippen LogP contribution < -0.4 is 5.73 Å². The third kappa shape index (κ3) is 1.97. The minimum absolute atomic E-state index is 0.0384. The number of amides is 1. The highest BCUT2D eigenvalue weighted by molar-refractivity contribution is 6.08. The van der Waals surface area contributed by atoms with Gasteiger partial charge in [0.2, 0.25) is 0 Å². The maximum atomic E-state index is 11.1. The van der Waals surface area contributed by atoms with Crippen molar-refractivity contribution in [2.24, 2.45) is 5.11 Å². The minimum Gasteiger partial charge on any atom is -0.398 e. The summed E-state index contributed by atoms with van der Waals surface area (Å²) in [5, 5.41) is 10.8. The molecule has 0 atom stereocenters. The number of nitrogens with zero attached hydrogens (tertiary/aromatic N) is 1. The Kier molecular flexibility index (Phi) is 3.09. The Bertz CT molecular complexity index is 430. The average molecular weight is 209 g/mol. The van der Waals surface area contributed by atoms with Gasteiger partial charge in [-0.25, -0.2) is 10.3 Å². The van der Waals surface area contributed by atoms with Crippen molar-refractivity contribution < 1.29 is 19.7 Å². The number of hydrogen-bond acceptors (Lipinski definition) is 6. The van der Waals surface area contributed by atoms with Gasteiger partial charge < -0.3 is 5.73 Å². The molecular formula is C8H7N3O4. The lowest BCUT2D eigenvalue weighted by molar-refractivity contribution is -0.182. The standard InChI is InChI=1S/C8H7N3O4/c9-5-3-1-2-4(7(12)11-10)6(5)8(13)15-14/h1-3,10,14H,9H2. The summed E-state index contributed by atoms with van der Waals surface area (Å²) < 4.78 is 0. The molecule has 0 aromatic heterocycles. The Labute approximate surface area is 83.9 Å². The molecule has 0 unspecified atom stereocenters. The molecule has 0 spiro atoms. The van der Waals surface area contributed by atoms with Crippen molar-refractivity contribution in [2.75, 3.05) is 5.73 Å². The van der Waals surface area contributed by atoms with Crippen LogP contribution in [-0.4, -0.2) is 17.1 Å². The van der Waals surface area contributed by atoms with Crippen molar-refractivity contribution in [1.82, 2.24) is 0 Å². The molecule has 0 radical (unpaired) electrons. The number of rotatable bonds is 2. The van der Waals surface area contributed by atoms with Crippen LogP contribution in [0.25, 0.3) is 0 Å². The van der Waals surface area contributed by atoms with E-state index in [1.165, 1.54) is 18.2 Å². The SMILES string of the molecule is N=NC(=O)c1cccc(N)c1C(=O)OO. The normalized spacial score (nSPS) is 9.40. The molecule has 0 saturated carbocycles. The number of nitrogens with two attached hydrogens (primary N) is 1. The molecule has 0 aliphatic rings. The van der Waals surface area contributed by atoms with Crippen molar-refractivity contribution in [3.63, 3.8) is 0 Å². The Morgan fingerprint density at radius 1 is 1.47 bits per heavy atom. The predicted molar refractivity (Wildman–Crippen MR) is 48.4 cm³/mol. The van der Waals surface area contributed by atoms with Gasteiger partial charge in [-0.15, -0.1) is 5.11 Å². The zero-order valence-electron chi connectivity index (χ0n) is 7.43. The Hall–Kier alpha value is -2.28. The monoisotopic (exact) mass is 209 g/mol. The van der Waals surface area contributed by atoms with Gasteiger partial charge in [0.15, 0.2) is 0 Å². The molecule has 0 aliphatic carbocycles. The fourth-order valence-corrected chi connectivity index (χ4v) is 1.08. The third-order valence-electron chi connectivity index (χ3n) is 1.72. The van der Waals surface area contributed by atoms with Crippen LogP contribution >= 0.6 is 0 Å². The summed E-state index contributed by atoms with van der Waals surface area (Å²) in [7, 11) is 0. The van der Waals surface area contributed by atoms with E-state index in [9.17, 15) is 9.59 Å². The smallest absolute Gasteiger partial charge is 0.375 e. The highest BCUT2D eigenvalue weighted by Gasteiger charge is 2.20. The fourth-order valence-electron chi connectivity index (χ4n) is 1.08. The topological polar surface area (TPSA) is 126 Å². The van der Waals surface area contributed by atoms with Gasteiger partial charge in [-0.1, -0.05) is 6.07 Å². The van der Waals surface area contributed by atoms with Crippen molar-refractivity contribution in [3.8, 4) is 0 Å². The Morgan fingerprint density at radius 3 is 2.67 bits per heavy atom. The average Bonchev–Trinajstić information content (AvgIpc) is 2.26. The predicted octanol–water partition coefficient (Wildman–Crippen LogP) is 1.07. The van der Waals surface area contributed by atoms with Gasteiger partial charge in [-0.2, -0.15) is 5.26 Å². The maximum Gasteiger partial charge on any atom is 0.375 e. The van der Waals surface area contributed by atoms with Crippen LogP contribution in [0.15, 0.2) is 23.3 Å². The van der Waals surface area contributed by atoms with Gasteiger partial charge in [0, 0.05) is 5.69 Å². The van der Waals surface area contributed by atoms with Crippen molar-refractivity contribution in [3.05, 3.63) is 29.3 Å². The van der Waals surface area contributed by atoms with E-state index in [-0.39, 0.29) is 16.8 Å². The van der Waals surface area contributed by atoms with Gasteiger partial charge in [0.05, 0.1) is 11.1 Å². The molecule has 7 heteroatoms. The highest BCUT2D eigenvalue weighted by Crippen LogP contribution is 2.18. The van der Waals surface area contributed by atoms with Gasteiger partial charge in [0.25, 0.3) is 5.91 Å². The highest BCUT2D eigenvalue weighted by atomic mass is 17.1. The van der Waals surface area contributed by atoms with Gasteiger partial charge in [0.1, 0.15) is 0 Å². The lowest BCUT2D eigenvalue weighted by Crippen LogP contribution is -2.12. The van der Waals surface area contributed by atoms with E-state index in [0.717, 1.165) is 0 Å². The van der Waals surface area contributed by atoms with E-state index in [1.54, 1.807) is 0 Å². The zero-order valence-corrected chi connectivity index (χ0v) is 7.43. The molecule has 7 nitrogen and oxygen atoms in total. The van der Waals surface area contributed by atoms with E-state index < -0.39 is 11.9 Å². The first-order valence-corrected chi connectivity index (χ1v) is 3.77. The summed E-state index contributed by atoms with van der Waals surface area (Å²) in [4.78, 5) is 25.7. The van der Waals surface area contributed by atoms with Crippen molar-refractivity contribution in [1.29, 1.82) is 5.53 Å². The molecule has 0 aliphatic heterocycles. The second kappa shape index (κ2) is 4.29. The number of carbonyl (C=O) groups excluding carboxylic acids is 2. The summed E-state index contributed by atoms with van der Waals surface area (Å²) in [6.45, 7) is 0. The van der Waals surface area contributed by atoms with Crippen molar-refractivity contribution >= 4 is 17.6 Å². The summed E-state index contributed by atoms with van der Waals surface area (Å²) in [5.41, 5.74) is 11.4. The zero-order chi connectivity index (χ0) is 11.4. The van der Waals surface area contributed by atoms with E-state index in [4.69, 9.17) is 16.5 Å². The molecule has 0 bridgehead atoms. The first kappa shape index (κ1) is 10.8. The van der Waals surface area contributed by atoms with Crippen LogP contribution in [0.4, 0.5) is 5.69 Å². The van der Waals surface area contributed by atoms with E-state index in [0.29, 0.717) is 0 Å². The molecule has 0 fully saturated rings. The Morgan fingerprint density at radius 2 is 2.13 bits per heavy atom. The molecule has 1 amide bonds. The minimum atomic E-state index is -1.17. The third-order valence-corrected chi connectivity index (χ3v) is 1.72. The molecule has 78 valence electrons. The maximum absolute atomic E-state index is 11.1. The van der Waals surface area contributed by atoms with Gasteiger partial charge >= 0.3 is 5.97 Å². The fraction of sp³-hybridized carbons (Fsp3) is 0. The number of hydrogen-bond donors (Lipinski definition) is 3. The molecule has 1 rings (SSSR count). The molecular weight excluding hydrogens is 202 g/mol. The number of anilines is 1. The largest absolute Gasteiger partial charge is 0.398 e. The number of benzene rings is 1. The number of carbonyl (C=O) groups is 2. The van der Waals surface area contributed by atoms with Crippen LogP contribution in [0, 0.1) is 5.53 Å². The lowest BCUT2D eigenvalue weighted by Gasteiger charge is -2.05. The molecule has 0 saturated heterocycles. The molecule has 4 N–H and O–H groups in total. The summed E-state index contributed by atoms with van der Waals surface area (Å²) in [5.74, 6) is -2.11. The second-order valence-electron chi connectivity index (χ2n) is 2.57. The van der Waals surface area contributed by atoms with Crippen LogP contribution in [-0.2, 0) is 4.89 Å². The van der Waals surface area contributed by atoms with E-state index >= 15 is 0 Å². The molecule has 15 heavy (non-hydrogen) atoms. The lowest BCUT2D eigenvalue weighted by atomic mass is 10.1. The molecule has 0 heterocycles. The van der Waals surface area contributed by atoms with Crippen LogP contribution in [0.5, 0.6) is 0 Å². The first-order valence-electron chi connectivity index (χ1n) is 3.77. The molecule has 1 aromatic rings. The van der Waals surface area contributed by atoms with Gasteiger partial charge in [-0.3, -0.25) is 9.68 Å². The number of nitrogen functional groups attached to an aromatic ring is 1. The quantitative estimate of drug-likeness (QED) is 0.290. The van der Waals surface area contributed by atoms with E-state index in [2.05, 4.69) is 10.0 Å². The van der Waals surface area contributed by atoms with E-state index in [1.807, 2.05) is 0 Å². The van der Waals surface area contributed by atoms with Crippen molar-refractivity contribution in [2.45, 2.75) is 0 Å². The van der Waals surface area contributed by atoms with Gasteiger partial charge in [-0.05, 0) is 12.1 Å². The summed E-state index contributed by atoms with van der Waals surface area (Å²) in [6, 6.07) is 4.03. The Balaban J connectivity index is 3.38. The second-order valence-corrected chi connectivity index (χ2v) is 2.57. The summed E-state index contributed by atoms with van der Waals surface area (Å²) in [6.07, 6.45) is 0. The van der Waals surface area contributed by atoms with Crippen LogP contribution in [0.3, 0.4) is 0 Å². The van der Waals surface area contributed by atoms with Crippen LogP contribution in [0.2, 0.25) is 0 Å². The molecule has 1 aromatic carbocycles. The first-order chi connectivity index (χ1) is 7.11. The summed E-state index contributed by atoms with van der Waals surface area (Å²) >= 11 is 0.